The van der Waals surface area contributed by atoms with Gasteiger partial charge in [0.25, 0.3) is 0 Å². The summed E-state index contributed by atoms with van der Waals surface area (Å²) in [6.45, 7) is 0. The molecule has 82 valence electrons. The van der Waals surface area contributed by atoms with E-state index in [1.165, 1.54) is 30.7 Å². The maximum atomic E-state index is 13.9. The number of hydrogen-bond donors (Lipinski definition) is 0. The summed E-state index contributed by atoms with van der Waals surface area (Å²) in [6.07, 6.45) is 2.70. The molecule has 3 nitrogen and oxygen atoms in total. The summed E-state index contributed by atoms with van der Waals surface area (Å²) >= 11 is 11.6. The van der Waals surface area contributed by atoms with Crippen molar-refractivity contribution in [3.8, 4) is 0 Å². The van der Waals surface area contributed by atoms with Gasteiger partial charge in [-0.3, -0.25) is 0 Å². The van der Waals surface area contributed by atoms with E-state index in [-0.39, 0.29) is 16.5 Å². The molecule has 16 heavy (non-hydrogen) atoms. The average Bonchev–Trinajstić information content (AvgIpc) is 2.29. The number of benzene rings is 1. The molecule has 0 atom stereocenters. The van der Waals surface area contributed by atoms with E-state index in [0.717, 1.165) is 0 Å². The van der Waals surface area contributed by atoms with Crippen molar-refractivity contribution in [1.82, 2.24) is 9.97 Å². The van der Waals surface area contributed by atoms with E-state index in [1.54, 1.807) is 6.07 Å². The standard InChI is InChI=1S/C10H6Cl2FN3/c11-7-1-2-9(8(12)5-7)16(13)10-3-4-14-6-15-10/h1-6H. The molecule has 0 aliphatic rings. The summed E-state index contributed by atoms with van der Waals surface area (Å²) in [6, 6.07) is 5.93. The Kier molecular flexibility index (Phi) is 3.22. The minimum absolute atomic E-state index is 0.110. The summed E-state index contributed by atoms with van der Waals surface area (Å²) in [7, 11) is 0. The lowest BCUT2D eigenvalue weighted by atomic mass is 10.3. The molecule has 2 aromatic rings. The van der Waals surface area contributed by atoms with Gasteiger partial charge in [-0.25, -0.2) is 9.97 Å². The highest BCUT2D eigenvalue weighted by molar-refractivity contribution is 6.36. The smallest absolute Gasteiger partial charge is 0.166 e. The van der Waals surface area contributed by atoms with Gasteiger partial charge in [0.2, 0.25) is 0 Å². The van der Waals surface area contributed by atoms with Gasteiger partial charge in [-0.2, -0.15) is 5.12 Å². The van der Waals surface area contributed by atoms with Crippen LogP contribution in [-0.2, 0) is 0 Å². The second kappa shape index (κ2) is 4.63. The molecule has 0 unspecified atom stereocenters. The van der Waals surface area contributed by atoms with Gasteiger partial charge in [-0.1, -0.05) is 27.7 Å². The maximum absolute atomic E-state index is 13.9. The normalized spacial score (nSPS) is 10.2. The number of halogens is 3. The Bertz CT molecular complexity index is 493. The molecule has 0 N–H and O–H groups in total. The van der Waals surface area contributed by atoms with E-state index in [9.17, 15) is 4.48 Å². The van der Waals surface area contributed by atoms with Gasteiger partial charge in [0.15, 0.2) is 5.82 Å². The first-order valence-electron chi connectivity index (χ1n) is 4.35. The molecule has 1 aromatic heterocycles. The monoisotopic (exact) mass is 257 g/mol. The first-order chi connectivity index (χ1) is 7.68. The summed E-state index contributed by atoms with van der Waals surface area (Å²) < 4.78 is 13.9. The summed E-state index contributed by atoms with van der Waals surface area (Å²) in [5.74, 6) is 0.110. The predicted molar refractivity (Wildman–Crippen MR) is 61.7 cm³/mol. The Balaban J connectivity index is 2.38. The Morgan fingerprint density at radius 1 is 1.19 bits per heavy atom. The fourth-order valence-electron chi connectivity index (χ4n) is 1.16. The molecule has 0 aliphatic carbocycles. The lowest BCUT2D eigenvalue weighted by Gasteiger charge is -2.13. The zero-order chi connectivity index (χ0) is 11.5. The first-order valence-corrected chi connectivity index (χ1v) is 5.11. The molecule has 0 aliphatic heterocycles. The lowest BCUT2D eigenvalue weighted by molar-refractivity contribution is 0.499. The highest BCUT2D eigenvalue weighted by Gasteiger charge is 2.13. The van der Waals surface area contributed by atoms with Crippen molar-refractivity contribution >= 4 is 34.7 Å². The van der Waals surface area contributed by atoms with Gasteiger partial charge in [-0.05, 0) is 18.2 Å². The van der Waals surface area contributed by atoms with Crippen molar-refractivity contribution in [2.24, 2.45) is 0 Å². The Morgan fingerprint density at radius 3 is 2.62 bits per heavy atom. The van der Waals surface area contributed by atoms with E-state index in [4.69, 9.17) is 23.2 Å². The number of hydrogen-bond acceptors (Lipinski definition) is 3. The van der Waals surface area contributed by atoms with Crippen LogP contribution in [0.1, 0.15) is 0 Å². The Labute approximate surface area is 101 Å². The fourth-order valence-corrected chi connectivity index (χ4v) is 1.65. The van der Waals surface area contributed by atoms with Crippen LogP contribution in [0.3, 0.4) is 0 Å². The van der Waals surface area contributed by atoms with Gasteiger partial charge >= 0.3 is 0 Å². The van der Waals surface area contributed by atoms with Crippen molar-refractivity contribution in [1.29, 1.82) is 0 Å². The van der Waals surface area contributed by atoms with Crippen molar-refractivity contribution in [2.75, 3.05) is 5.12 Å². The lowest BCUT2D eigenvalue weighted by Crippen LogP contribution is -2.06. The number of aromatic nitrogens is 2. The average molecular weight is 258 g/mol. The van der Waals surface area contributed by atoms with Crippen molar-refractivity contribution in [3.63, 3.8) is 0 Å². The first kappa shape index (κ1) is 11.1. The second-order valence-electron chi connectivity index (χ2n) is 2.94. The molecule has 1 aromatic carbocycles. The third-order valence-corrected chi connectivity index (χ3v) is 2.43. The zero-order valence-electron chi connectivity index (χ0n) is 7.94. The molecule has 0 saturated carbocycles. The molecule has 0 fully saturated rings. The summed E-state index contributed by atoms with van der Waals surface area (Å²) in [5, 5.41) is 1.04. The Hall–Kier alpha value is -1.39. The van der Waals surface area contributed by atoms with Gasteiger partial charge in [0.05, 0.1) is 10.7 Å². The van der Waals surface area contributed by atoms with E-state index >= 15 is 0 Å². The van der Waals surface area contributed by atoms with Crippen LogP contribution < -0.4 is 5.12 Å². The molecule has 0 saturated heterocycles. The van der Waals surface area contributed by atoms with E-state index < -0.39 is 0 Å². The van der Waals surface area contributed by atoms with Crippen LogP contribution in [0, 0.1) is 0 Å². The van der Waals surface area contributed by atoms with Gasteiger partial charge in [0.1, 0.15) is 6.33 Å². The van der Waals surface area contributed by atoms with Crippen LogP contribution >= 0.6 is 23.2 Å². The summed E-state index contributed by atoms with van der Waals surface area (Å²) in [5.41, 5.74) is 0.185. The summed E-state index contributed by atoms with van der Waals surface area (Å²) in [4.78, 5) is 7.47. The molecular formula is C10H6Cl2FN3. The van der Waals surface area contributed by atoms with Crippen LogP contribution in [0.25, 0.3) is 0 Å². The fraction of sp³-hybridized carbons (Fsp3) is 0. The van der Waals surface area contributed by atoms with Crippen molar-refractivity contribution in [3.05, 3.63) is 46.8 Å². The van der Waals surface area contributed by atoms with Crippen LogP contribution in [-0.4, -0.2) is 9.97 Å². The number of anilines is 2. The van der Waals surface area contributed by atoms with Crippen LogP contribution in [0.15, 0.2) is 36.8 Å². The highest BCUT2D eigenvalue weighted by atomic mass is 35.5. The quantitative estimate of drug-likeness (QED) is 0.767. The second-order valence-corrected chi connectivity index (χ2v) is 3.79. The largest absolute Gasteiger partial charge is 0.245 e. The third kappa shape index (κ3) is 2.23. The van der Waals surface area contributed by atoms with E-state index in [1.807, 2.05) is 0 Å². The molecule has 0 spiro atoms. The minimum Gasteiger partial charge on any atom is -0.245 e. The number of nitrogens with zero attached hydrogens (tertiary/aromatic N) is 3. The van der Waals surface area contributed by atoms with Gasteiger partial charge < -0.3 is 0 Å². The van der Waals surface area contributed by atoms with Gasteiger partial charge in [-0.15, -0.1) is 0 Å². The van der Waals surface area contributed by atoms with E-state index in [2.05, 4.69) is 9.97 Å². The molecule has 0 bridgehead atoms. The third-order valence-electron chi connectivity index (χ3n) is 1.89. The molecule has 2 rings (SSSR count). The van der Waals surface area contributed by atoms with Crippen molar-refractivity contribution < 1.29 is 4.48 Å². The molecular weight excluding hydrogens is 252 g/mol. The van der Waals surface area contributed by atoms with Gasteiger partial charge in [0, 0.05) is 17.3 Å². The Morgan fingerprint density at radius 2 is 2.00 bits per heavy atom. The molecule has 1 heterocycles. The predicted octanol–water partition coefficient (Wildman–Crippen LogP) is 3.81. The minimum atomic E-state index is 0.110. The van der Waals surface area contributed by atoms with Crippen LogP contribution in [0.5, 0.6) is 0 Å². The zero-order valence-corrected chi connectivity index (χ0v) is 9.45. The van der Waals surface area contributed by atoms with Crippen LogP contribution in [0.2, 0.25) is 10.0 Å². The molecule has 6 heteroatoms. The molecule has 0 radical (unpaired) electrons. The number of rotatable bonds is 2. The molecule has 0 amide bonds. The van der Waals surface area contributed by atoms with Crippen LogP contribution in [0.4, 0.5) is 16.0 Å². The van der Waals surface area contributed by atoms with Crippen molar-refractivity contribution in [2.45, 2.75) is 0 Å². The maximum Gasteiger partial charge on any atom is 0.166 e. The van der Waals surface area contributed by atoms with E-state index in [0.29, 0.717) is 10.1 Å². The SMILES string of the molecule is FN(c1ccncn1)c1ccc(Cl)cc1Cl. The topological polar surface area (TPSA) is 29.0 Å². The highest BCUT2D eigenvalue weighted by Crippen LogP contribution is 2.32.